The summed E-state index contributed by atoms with van der Waals surface area (Å²) in [5.74, 6) is -0.458. The van der Waals surface area contributed by atoms with Gasteiger partial charge >= 0.3 is 0 Å². The van der Waals surface area contributed by atoms with Gasteiger partial charge in [-0.15, -0.1) is 0 Å². The molecule has 0 radical (unpaired) electrons. The third kappa shape index (κ3) is 3.95. The van der Waals surface area contributed by atoms with E-state index in [0.717, 1.165) is 10.9 Å². The third-order valence-electron chi connectivity index (χ3n) is 5.14. The topological polar surface area (TPSA) is 46.9 Å². The van der Waals surface area contributed by atoms with Gasteiger partial charge < -0.3 is 9.88 Å². The largest absolute Gasteiger partial charge is 0.325 e. The summed E-state index contributed by atoms with van der Waals surface area (Å²) in [6.07, 6.45) is 4.85. The molecule has 1 aromatic heterocycles. The first-order chi connectivity index (χ1) is 12.4. The summed E-state index contributed by atoms with van der Waals surface area (Å²) in [5.41, 5.74) is 3.26. The van der Waals surface area contributed by atoms with Crippen LogP contribution in [0.3, 0.4) is 0 Å². The number of nitrogens with zero attached hydrogens (tertiary/aromatic N) is 2. The van der Waals surface area contributed by atoms with Gasteiger partial charge in [-0.1, -0.05) is 30.7 Å². The molecule has 26 heavy (non-hydrogen) atoms. The second kappa shape index (κ2) is 7.82. The molecule has 1 heterocycles. The maximum absolute atomic E-state index is 13.7. The molecule has 4 nitrogen and oxygen atoms in total. The fourth-order valence-electron chi connectivity index (χ4n) is 3.40. The zero-order valence-corrected chi connectivity index (χ0v) is 16.6. The molecule has 140 valence electrons. The standard InChI is InChI=1S/C20H26FN3OS/c1-12-9-10-16(11-18(12)21)23-19(25)15(4)26-20-22-13(2)14(3)24(20)17-7-5-6-8-17/h9-11,15,17H,5-8H2,1-4H3,(H,23,25). The highest BCUT2D eigenvalue weighted by atomic mass is 32.2. The number of rotatable bonds is 5. The molecule has 0 aliphatic heterocycles. The molecule has 1 amide bonds. The second-order valence-corrected chi connectivity index (χ2v) is 8.39. The first-order valence-electron chi connectivity index (χ1n) is 9.16. The maximum Gasteiger partial charge on any atom is 0.237 e. The van der Waals surface area contributed by atoms with Crippen LogP contribution in [0.2, 0.25) is 0 Å². The van der Waals surface area contributed by atoms with Crippen molar-refractivity contribution in [1.82, 2.24) is 9.55 Å². The molecule has 1 N–H and O–H groups in total. The minimum Gasteiger partial charge on any atom is -0.325 e. The lowest BCUT2D eigenvalue weighted by molar-refractivity contribution is -0.115. The van der Waals surface area contributed by atoms with Gasteiger partial charge in [0.1, 0.15) is 5.82 Å². The van der Waals surface area contributed by atoms with E-state index in [9.17, 15) is 9.18 Å². The molecule has 1 saturated carbocycles. The SMILES string of the molecule is Cc1ccc(NC(=O)C(C)Sc2nc(C)c(C)n2C2CCCC2)cc1F. The first kappa shape index (κ1) is 19.0. The summed E-state index contributed by atoms with van der Waals surface area (Å²) >= 11 is 1.47. The van der Waals surface area contributed by atoms with Gasteiger partial charge in [0, 0.05) is 17.4 Å². The number of hydrogen-bond donors (Lipinski definition) is 1. The molecular formula is C20H26FN3OS. The summed E-state index contributed by atoms with van der Waals surface area (Å²) in [4.78, 5) is 17.2. The fraction of sp³-hybridized carbons (Fsp3) is 0.500. The van der Waals surface area contributed by atoms with Gasteiger partial charge in [0.25, 0.3) is 0 Å². The van der Waals surface area contributed by atoms with Gasteiger partial charge in [-0.25, -0.2) is 9.37 Å². The number of anilines is 1. The van der Waals surface area contributed by atoms with Crippen molar-refractivity contribution in [2.45, 2.75) is 69.8 Å². The Bertz CT molecular complexity index is 812. The highest BCUT2D eigenvalue weighted by molar-refractivity contribution is 8.00. The number of hydrogen-bond acceptors (Lipinski definition) is 3. The lowest BCUT2D eigenvalue weighted by Crippen LogP contribution is -2.23. The van der Waals surface area contributed by atoms with Gasteiger partial charge in [0.15, 0.2) is 5.16 Å². The second-order valence-electron chi connectivity index (χ2n) is 7.09. The number of nitrogens with one attached hydrogen (secondary N) is 1. The molecule has 1 aliphatic rings. The van der Waals surface area contributed by atoms with Gasteiger partial charge in [-0.2, -0.15) is 0 Å². The first-order valence-corrected chi connectivity index (χ1v) is 10.0. The van der Waals surface area contributed by atoms with Crippen molar-refractivity contribution in [1.29, 1.82) is 0 Å². The van der Waals surface area contributed by atoms with E-state index < -0.39 is 0 Å². The molecule has 1 fully saturated rings. The normalized spacial score (nSPS) is 16.0. The molecule has 0 saturated heterocycles. The number of aryl methyl sites for hydroxylation is 2. The third-order valence-corrected chi connectivity index (χ3v) is 6.20. The quantitative estimate of drug-likeness (QED) is 0.732. The predicted molar refractivity (Wildman–Crippen MR) is 104 cm³/mol. The summed E-state index contributed by atoms with van der Waals surface area (Å²) in [5, 5.41) is 3.39. The van der Waals surface area contributed by atoms with Crippen LogP contribution in [0.5, 0.6) is 0 Å². The van der Waals surface area contributed by atoms with Crippen molar-refractivity contribution < 1.29 is 9.18 Å². The molecule has 2 aromatic rings. The number of amides is 1. The Hall–Kier alpha value is -1.82. The Morgan fingerprint density at radius 1 is 1.31 bits per heavy atom. The van der Waals surface area contributed by atoms with E-state index in [1.165, 1.54) is 49.2 Å². The van der Waals surface area contributed by atoms with Crippen molar-refractivity contribution in [2.24, 2.45) is 0 Å². The van der Waals surface area contributed by atoms with Crippen LogP contribution in [0.15, 0.2) is 23.4 Å². The van der Waals surface area contributed by atoms with Crippen LogP contribution >= 0.6 is 11.8 Å². The highest BCUT2D eigenvalue weighted by Gasteiger charge is 2.25. The predicted octanol–water partition coefficient (Wildman–Crippen LogP) is 5.18. The van der Waals surface area contributed by atoms with Crippen LogP contribution in [-0.4, -0.2) is 20.7 Å². The summed E-state index contributed by atoms with van der Waals surface area (Å²) in [6, 6.07) is 5.24. The van der Waals surface area contributed by atoms with E-state index in [0.29, 0.717) is 17.3 Å². The Morgan fingerprint density at radius 3 is 2.65 bits per heavy atom. The molecule has 3 rings (SSSR count). The number of carbonyl (C=O) groups is 1. The Morgan fingerprint density at radius 2 is 2.00 bits per heavy atom. The molecular weight excluding hydrogens is 349 g/mol. The van der Waals surface area contributed by atoms with Crippen LogP contribution in [-0.2, 0) is 4.79 Å². The molecule has 1 unspecified atom stereocenters. The van der Waals surface area contributed by atoms with Crippen molar-refractivity contribution in [3.8, 4) is 0 Å². The number of thioether (sulfide) groups is 1. The number of carbonyl (C=O) groups excluding carboxylic acids is 1. The maximum atomic E-state index is 13.7. The Balaban J connectivity index is 1.73. The van der Waals surface area contributed by atoms with E-state index >= 15 is 0 Å². The molecule has 1 atom stereocenters. The van der Waals surface area contributed by atoms with Crippen molar-refractivity contribution in [3.05, 3.63) is 41.0 Å². The van der Waals surface area contributed by atoms with Gasteiger partial charge in [-0.05, 0) is 58.2 Å². The minimum absolute atomic E-state index is 0.144. The molecule has 0 spiro atoms. The van der Waals surface area contributed by atoms with E-state index in [4.69, 9.17) is 4.98 Å². The zero-order valence-electron chi connectivity index (χ0n) is 15.8. The van der Waals surface area contributed by atoms with Crippen LogP contribution in [0.1, 0.15) is 55.6 Å². The lowest BCUT2D eigenvalue weighted by atomic mass is 10.2. The van der Waals surface area contributed by atoms with Crippen molar-refractivity contribution in [3.63, 3.8) is 0 Å². The highest BCUT2D eigenvalue weighted by Crippen LogP contribution is 2.36. The van der Waals surface area contributed by atoms with Crippen LogP contribution in [0.4, 0.5) is 10.1 Å². The van der Waals surface area contributed by atoms with E-state index in [-0.39, 0.29) is 17.0 Å². The average Bonchev–Trinajstić information content (AvgIpc) is 3.20. The van der Waals surface area contributed by atoms with E-state index in [1.807, 2.05) is 13.8 Å². The van der Waals surface area contributed by atoms with Crippen LogP contribution in [0.25, 0.3) is 0 Å². The monoisotopic (exact) mass is 375 g/mol. The molecule has 6 heteroatoms. The Labute approximate surface area is 158 Å². The van der Waals surface area contributed by atoms with Crippen molar-refractivity contribution >= 4 is 23.4 Å². The molecule has 0 bridgehead atoms. The van der Waals surface area contributed by atoms with Crippen LogP contribution < -0.4 is 5.32 Å². The summed E-state index contributed by atoms with van der Waals surface area (Å²) < 4.78 is 16.0. The Kier molecular flexibility index (Phi) is 5.70. The summed E-state index contributed by atoms with van der Waals surface area (Å²) in [7, 11) is 0. The smallest absolute Gasteiger partial charge is 0.237 e. The molecule has 1 aromatic carbocycles. The van der Waals surface area contributed by atoms with E-state index in [1.54, 1.807) is 19.1 Å². The fourth-order valence-corrected chi connectivity index (χ4v) is 4.47. The average molecular weight is 376 g/mol. The number of imidazole rings is 1. The van der Waals surface area contributed by atoms with E-state index in [2.05, 4.69) is 16.8 Å². The van der Waals surface area contributed by atoms with Gasteiger partial charge in [0.05, 0.1) is 10.9 Å². The van der Waals surface area contributed by atoms with Crippen LogP contribution in [0, 0.1) is 26.6 Å². The van der Waals surface area contributed by atoms with Gasteiger partial charge in [0.2, 0.25) is 5.91 Å². The number of benzene rings is 1. The lowest BCUT2D eigenvalue weighted by Gasteiger charge is -2.18. The number of aromatic nitrogens is 2. The minimum atomic E-state index is -0.319. The molecule has 1 aliphatic carbocycles. The summed E-state index contributed by atoms with van der Waals surface area (Å²) in [6.45, 7) is 7.69. The van der Waals surface area contributed by atoms with Gasteiger partial charge in [-0.3, -0.25) is 4.79 Å². The number of halogens is 1. The van der Waals surface area contributed by atoms with Crippen molar-refractivity contribution in [2.75, 3.05) is 5.32 Å². The zero-order chi connectivity index (χ0) is 18.8.